The van der Waals surface area contributed by atoms with Gasteiger partial charge in [0.25, 0.3) is 5.91 Å². The molecule has 0 heterocycles. The van der Waals surface area contributed by atoms with E-state index in [2.05, 4.69) is 5.32 Å². The number of ether oxygens (including phenoxy) is 2. The normalized spacial score (nSPS) is 12.9. The molecule has 0 spiro atoms. The highest BCUT2D eigenvalue weighted by Crippen LogP contribution is 2.15. The van der Waals surface area contributed by atoms with Gasteiger partial charge in [-0.05, 0) is 56.0 Å². The summed E-state index contributed by atoms with van der Waals surface area (Å²) >= 11 is 0. The molecule has 30 heavy (non-hydrogen) atoms. The van der Waals surface area contributed by atoms with Crippen molar-refractivity contribution >= 4 is 18.0 Å². The molecule has 2 atom stereocenters. The minimum atomic E-state index is -1.01. The lowest BCUT2D eigenvalue weighted by atomic mass is 10.1. The Labute approximate surface area is 177 Å². The SMILES string of the molecule is COc1ccc(/C=C(\C#N)C(=O)O[C@@H](C)C(=O)N[C@@H](C)CCc2ccccc2)cc1. The Morgan fingerprint density at radius 1 is 1.10 bits per heavy atom. The monoisotopic (exact) mass is 406 g/mol. The highest BCUT2D eigenvalue weighted by molar-refractivity contribution is 5.99. The molecule has 2 aromatic rings. The number of hydrogen-bond donors (Lipinski definition) is 1. The first kappa shape index (κ1) is 22.7. The van der Waals surface area contributed by atoms with Gasteiger partial charge in [0.1, 0.15) is 17.4 Å². The Balaban J connectivity index is 1.88. The molecular formula is C24H26N2O4. The van der Waals surface area contributed by atoms with Crippen molar-refractivity contribution in [3.63, 3.8) is 0 Å². The summed E-state index contributed by atoms with van der Waals surface area (Å²) in [6.07, 6.45) is 2.00. The number of amides is 1. The number of rotatable bonds is 9. The number of nitrogens with one attached hydrogen (secondary N) is 1. The van der Waals surface area contributed by atoms with Crippen LogP contribution in [0.25, 0.3) is 6.08 Å². The molecule has 0 unspecified atom stereocenters. The Hall–Kier alpha value is -3.59. The zero-order valence-electron chi connectivity index (χ0n) is 17.4. The van der Waals surface area contributed by atoms with Gasteiger partial charge in [-0.2, -0.15) is 5.26 Å². The fourth-order valence-electron chi connectivity index (χ4n) is 2.74. The number of carbonyl (C=O) groups is 2. The molecule has 0 radical (unpaired) electrons. The topological polar surface area (TPSA) is 88.4 Å². The van der Waals surface area contributed by atoms with E-state index in [1.165, 1.54) is 18.6 Å². The van der Waals surface area contributed by atoms with Crippen molar-refractivity contribution in [1.29, 1.82) is 5.26 Å². The zero-order chi connectivity index (χ0) is 21.9. The summed E-state index contributed by atoms with van der Waals surface area (Å²) in [7, 11) is 1.55. The second-order valence-electron chi connectivity index (χ2n) is 6.92. The van der Waals surface area contributed by atoms with Crippen LogP contribution in [0.1, 0.15) is 31.4 Å². The van der Waals surface area contributed by atoms with Crippen LogP contribution in [0, 0.1) is 11.3 Å². The summed E-state index contributed by atoms with van der Waals surface area (Å²) in [6.45, 7) is 3.39. The van der Waals surface area contributed by atoms with E-state index < -0.39 is 18.0 Å². The Morgan fingerprint density at radius 2 is 1.77 bits per heavy atom. The largest absolute Gasteiger partial charge is 0.497 e. The molecule has 0 aliphatic carbocycles. The van der Waals surface area contributed by atoms with Crippen LogP contribution in [0.3, 0.4) is 0 Å². The van der Waals surface area contributed by atoms with Crippen LogP contribution >= 0.6 is 0 Å². The first-order valence-electron chi connectivity index (χ1n) is 9.74. The van der Waals surface area contributed by atoms with Crippen LogP contribution in [0.4, 0.5) is 0 Å². The lowest BCUT2D eigenvalue weighted by molar-refractivity contribution is -0.151. The highest BCUT2D eigenvalue weighted by Gasteiger charge is 2.21. The van der Waals surface area contributed by atoms with Crippen LogP contribution in [-0.4, -0.2) is 31.1 Å². The minimum Gasteiger partial charge on any atom is -0.497 e. The number of nitrogens with zero attached hydrogens (tertiary/aromatic N) is 1. The number of methoxy groups -OCH3 is 1. The number of benzene rings is 2. The van der Waals surface area contributed by atoms with E-state index in [0.29, 0.717) is 11.3 Å². The lowest BCUT2D eigenvalue weighted by Gasteiger charge is -2.18. The van der Waals surface area contributed by atoms with Crippen molar-refractivity contribution in [3.8, 4) is 11.8 Å². The van der Waals surface area contributed by atoms with Gasteiger partial charge in [-0.1, -0.05) is 42.5 Å². The van der Waals surface area contributed by atoms with Crippen LogP contribution in [0.15, 0.2) is 60.2 Å². The van der Waals surface area contributed by atoms with E-state index in [9.17, 15) is 14.9 Å². The fraction of sp³-hybridized carbons (Fsp3) is 0.292. The maximum Gasteiger partial charge on any atom is 0.349 e. The predicted octanol–water partition coefficient (Wildman–Crippen LogP) is 3.67. The molecule has 2 aromatic carbocycles. The van der Waals surface area contributed by atoms with Crippen molar-refractivity contribution in [1.82, 2.24) is 5.32 Å². The lowest BCUT2D eigenvalue weighted by Crippen LogP contribution is -2.41. The average molecular weight is 406 g/mol. The smallest absolute Gasteiger partial charge is 0.349 e. The summed E-state index contributed by atoms with van der Waals surface area (Å²) in [5.41, 5.74) is 1.66. The third kappa shape index (κ3) is 7.10. The van der Waals surface area contributed by atoms with Crippen molar-refractivity contribution in [2.75, 3.05) is 7.11 Å². The molecule has 1 N–H and O–H groups in total. The Morgan fingerprint density at radius 3 is 2.37 bits per heavy atom. The van der Waals surface area contributed by atoms with Crippen LogP contribution in [0.2, 0.25) is 0 Å². The number of carbonyl (C=O) groups excluding carboxylic acids is 2. The van der Waals surface area contributed by atoms with E-state index in [4.69, 9.17) is 9.47 Å². The van der Waals surface area contributed by atoms with Gasteiger partial charge < -0.3 is 14.8 Å². The van der Waals surface area contributed by atoms with Gasteiger partial charge in [0, 0.05) is 6.04 Å². The van der Waals surface area contributed by atoms with Crippen molar-refractivity contribution in [2.24, 2.45) is 0 Å². The van der Waals surface area contributed by atoms with Crippen LogP contribution < -0.4 is 10.1 Å². The minimum absolute atomic E-state index is 0.0795. The summed E-state index contributed by atoms with van der Waals surface area (Å²) in [6, 6.07) is 18.6. The van der Waals surface area contributed by atoms with Crippen molar-refractivity contribution in [3.05, 3.63) is 71.3 Å². The fourth-order valence-corrected chi connectivity index (χ4v) is 2.74. The average Bonchev–Trinajstić information content (AvgIpc) is 2.77. The summed E-state index contributed by atoms with van der Waals surface area (Å²) in [4.78, 5) is 24.6. The summed E-state index contributed by atoms with van der Waals surface area (Å²) in [5, 5.41) is 12.1. The molecule has 0 saturated heterocycles. The third-order valence-corrected chi connectivity index (χ3v) is 4.52. The molecule has 0 saturated carbocycles. The molecule has 2 rings (SSSR count). The van der Waals surface area contributed by atoms with Gasteiger partial charge in [0.2, 0.25) is 0 Å². The number of nitriles is 1. The maximum absolute atomic E-state index is 12.3. The van der Waals surface area contributed by atoms with Crippen LogP contribution in [-0.2, 0) is 20.7 Å². The number of aryl methyl sites for hydroxylation is 1. The standard InChI is InChI=1S/C24H26N2O4/c1-17(9-10-19-7-5-4-6-8-19)26-23(27)18(2)30-24(28)21(16-25)15-20-11-13-22(29-3)14-12-20/h4-8,11-15,17-18H,9-10H2,1-3H3,(H,26,27)/b21-15+/t17-,18-/m0/s1. The molecular weight excluding hydrogens is 380 g/mol. The molecule has 6 heteroatoms. The van der Waals surface area contributed by atoms with Crippen molar-refractivity contribution < 1.29 is 19.1 Å². The van der Waals surface area contributed by atoms with E-state index in [1.807, 2.05) is 43.3 Å². The Bertz CT molecular complexity index is 914. The molecule has 0 fully saturated rings. The predicted molar refractivity (Wildman–Crippen MR) is 115 cm³/mol. The second kappa shape index (κ2) is 11.4. The third-order valence-electron chi connectivity index (χ3n) is 4.52. The first-order valence-corrected chi connectivity index (χ1v) is 9.74. The number of esters is 1. The summed E-state index contributed by atoms with van der Waals surface area (Å²) < 4.78 is 10.3. The van der Waals surface area contributed by atoms with E-state index in [0.717, 1.165) is 12.8 Å². The molecule has 0 aromatic heterocycles. The second-order valence-corrected chi connectivity index (χ2v) is 6.92. The Kier molecular flexibility index (Phi) is 8.64. The van der Waals surface area contributed by atoms with Crippen LogP contribution in [0.5, 0.6) is 5.75 Å². The van der Waals surface area contributed by atoms with Gasteiger partial charge in [0.15, 0.2) is 6.10 Å². The quantitative estimate of drug-likeness (QED) is 0.390. The van der Waals surface area contributed by atoms with E-state index in [1.54, 1.807) is 31.4 Å². The summed E-state index contributed by atoms with van der Waals surface area (Å²) in [5.74, 6) is -0.571. The molecule has 6 nitrogen and oxygen atoms in total. The van der Waals surface area contributed by atoms with Gasteiger partial charge in [-0.25, -0.2) is 4.79 Å². The molecule has 0 aliphatic heterocycles. The zero-order valence-corrected chi connectivity index (χ0v) is 17.4. The number of hydrogen-bond acceptors (Lipinski definition) is 5. The van der Waals surface area contributed by atoms with Gasteiger partial charge in [-0.3, -0.25) is 4.79 Å². The molecule has 0 bridgehead atoms. The van der Waals surface area contributed by atoms with Gasteiger partial charge in [-0.15, -0.1) is 0 Å². The van der Waals surface area contributed by atoms with E-state index >= 15 is 0 Å². The molecule has 156 valence electrons. The maximum atomic E-state index is 12.3. The van der Waals surface area contributed by atoms with Gasteiger partial charge in [0.05, 0.1) is 7.11 Å². The highest BCUT2D eigenvalue weighted by atomic mass is 16.5. The van der Waals surface area contributed by atoms with Crippen molar-refractivity contribution in [2.45, 2.75) is 38.8 Å². The molecule has 1 amide bonds. The van der Waals surface area contributed by atoms with E-state index in [-0.39, 0.29) is 11.6 Å². The molecule has 0 aliphatic rings. The van der Waals surface area contributed by atoms with Gasteiger partial charge >= 0.3 is 5.97 Å². The first-order chi connectivity index (χ1) is 14.4.